The van der Waals surface area contributed by atoms with Gasteiger partial charge in [0.1, 0.15) is 6.04 Å². The van der Waals surface area contributed by atoms with Gasteiger partial charge < -0.3 is 14.8 Å². The minimum Gasteiger partial charge on any atom is -0.480 e. The Morgan fingerprint density at radius 1 is 1.57 bits per heavy atom. The van der Waals surface area contributed by atoms with Crippen molar-refractivity contribution < 1.29 is 19.1 Å². The Labute approximate surface area is 84.7 Å². The van der Waals surface area contributed by atoms with Crippen LogP contribution in [0.4, 0.5) is 0 Å². The number of rotatable bonds is 3. The number of carbonyl (C=O) groups excluding carboxylic acids is 1. The lowest BCUT2D eigenvalue weighted by Gasteiger charge is -2.06. The monoisotopic (exact) mass is 217 g/mol. The lowest BCUT2D eigenvalue weighted by Crippen LogP contribution is -2.38. The van der Waals surface area contributed by atoms with E-state index in [1.165, 1.54) is 19.1 Å². The van der Waals surface area contributed by atoms with Crippen molar-refractivity contribution in [2.45, 2.75) is 13.0 Å². The average molecular weight is 218 g/mol. The molecule has 76 valence electrons. The van der Waals surface area contributed by atoms with Gasteiger partial charge in [0.2, 0.25) is 0 Å². The van der Waals surface area contributed by atoms with Crippen LogP contribution >= 0.6 is 11.6 Å². The predicted octanol–water partition coefficient (Wildman–Crippen LogP) is 1.14. The van der Waals surface area contributed by atoms with Gasteiger partial charge in [0.25, 0.3) is 5.91 Å². The van der Waals surface area contributed by atoms with Crippen LogP contribution in [0.1, 0.15) is 17.5 Å². The highest BCUT2D eigenvalue weighted by Gasteiger charge is 2.17. The number of hydrogen-bond acceptors (Lipinski definition) is 3. The van der Waals surface area contributed by atoms with E-state index in [9.17, 15) is 9.59 Å². The highest BCUT2D eigenvalue weighted by atomic mass is 35.5. The molecule has 0 saturated carbocycles. The Hall–Kier alpha value is -1.49. The van der Waals surface area contributed by atoms with E-state index >= 15 is 0 Å². The summed E-state index contributed by atoms with van der Waals surface area (Å²) in [5, 5.41) is 10.8. The van der Waals surface area contributed by atoms with Gasteiger partial charge in [-0.1, -0.05) is 0 Å². The lowest BCUT2D eigenvalue weighted by molar-refractivity contribution is -0.138. The van der Waals surface area contributed by atoms with Gasteiger partial charge in [-0.2, -0.15) is 0 Å². The summed E-state index contributed by atoms with van der Waals surface area (Å²) in [5.41, 5.74) is 0. The largest absolute Gasteiger partial charge is 0.480 e. The van der Waals surface area contributed by atoms with Crippen molar-refractivity contribution in [3.63, 3.8) is 0 Å². The van der Waals surface area contributed by atoms with Gasteiger partial charge in [-0.3, -0.25) is 9.59 Å². The third-order valence-corrected chi connectivity index (χ3v) is 1.72. The van der Waals surface area contributed by atoms with E-state index < -0.39 is 17.9 Å². The van der Waals surface area contributed by atoms with Crippen molar-refractivity contribution in [1.82, 2.24) is 5.32 Å². The SMILES string of the molecule is CC(NC(=O)c1ccc(Cl)o1)C(=O)O. The van der Waals surface area contributed by atoms with Crippen LogP contribution in [0.25, 0.3) is 0 Å². The molecule has 0 aliphatic rings. The first-order chi connectivity index (χ1) is 6.50. The first kappa shape index (κ1) is 10.6. The molecule has 0 spiro atoms. The maximum atomic E-state index is 11.2. The van der Waals surface area contributed by atoms with Crippen molar-refractivity contribution in [2.75, 3.05) is 0 Å². The summed E-state index contributed by atoms with van der Waals surface area (Å²) >= 11 is 5.44. The van der Waals surface area contributed by atoms with Gasteiger partial charge in [0.15, 0.2) is 11.0 Å². The van der Waals surface area contributed by atoms with E-state index in [0.717, 1.165) is 0 Å². The van der Waals surface area contributed by atoms with Crippen LogP contribution in [-0.2, 0) is 4.79 Å². The molecule has 0 fully saturated rings. The summed E-state index contributed by atoms with van der Waals surface area (Å²) in [7, 11) is 0. The molecule has 1 heterocycles. The highest BCUT2D eigenvalue weighted by Crippen LogP contribution is 2.12. The van der Waals surface area contributed by atoms with Crippen LogP contribution in [0.5, 0.6) is 0 Å². The van der Waals surface area contributed by atoms with Crippen LogP contribution in [0, 0.1) is 0 Å². The quantitative estimate of drug-likeness (QED) is 0.796. The number of amides is 1. The molecule has 0 radical (unpaired) electrons. The van der Waals surface area contributed by atoms with Crippen LogP contribution in [0.15, 0.2) is 16.5 Å². The molecule has 1 unspecified atom stereocenters. The average Bonchev–Trinajstić information content (AvgIpc) is 2.51. The summed E-state index contributed by atoms with van der Waals surface area (Å²) in [6.07, 6.45) is 0. The van der Waals surface area contributed by atoms with Crippen molar-refractivity contribution in [1.29, 1.82) is 0 Å². The normalized spacial score (nSPS) is 12.1. The molecular formula is C8H8ClNO4. The number of carboxylic acid groups (broad SMARTS) is 1. The van der Waals surface area contributed by atoms with Crippen molar-refractivity contribution in [3.05, 3.63) is 23.1 Å². The number of carboxylic acids is 1. The summed E-state index contributed by atoms with van der Waals surface area (Å²) in [5.74, 6) is -1.73. The number of hydrogen-bond donors (Lipinski definition) is 2. The van der Waals surface area contributed by atoms with E-state index in [1.54, 1.807) is 0 Å². The van der Waals surface area contributed by atoms with E-state index in [2.05, 4.69) is 5.32 Å². The number of furan rings is 1. The topological polar surface area (TPSA) is 79.5 Å². The first-order valence-electron chi connectivity index (χ1n) is 3.79. The molecule has 0 aliphatic heterocycles. The molecule has 1 atom stereocenters. The molecular weight excluding hydrogens is 210 g/mol. The van der Waals surface area contributed by atoms with E-state index in [-0.39, 0.29) is 11.0 Å². The van der Waals surface area contributed by atoms with Crippen molar-refractivity contribution in [3.8, 4) is 0 Å². The van der Waals surface area contributed by atoms with Gasteiger partial charge in [0.05, 0.1) is 0 Å². The number of nitrogens with one attached hydrogen (secondary N) is 1. The van der Waals surface area contributed by atoms with Gasteiger partial charge in [-0.15, -0.1) is 0 Å². The fourth-order valence-corrected chi connectivity index (χ4v) is 0.912. The number of halogens is 1. The van der Waals surface area contributed by atoms with Crippen LogP contribution < -0.4 is 5.32 Å². The van der Waals surface area contributed by atoms with Crippen LogP contribution in [0.3, 0.4) is 0 Å². The fraction of sp³-hybridized carbons (Fsp3) is 0.250. The molecule has 0 aliphatic carbocycles. The van der Waals surface area contributed by atoms with E-state index in [4.69, 9.17) is 21.1 Å². The zero-order valence-corrected chi connectivity index (χ0v) is 8.04. The fourth-order valence-electron chi connectivity index (χ4n) is 0.766. The molecule has 0 bridgehead atoms. The molecule has 5 nitrogen and oxygen atoms in total. The maximum absolute atomic E-state index is 11.2. The third kappa shape index (κ3) is 2.50. The zero-order valence-electron chi connectivity index (χ0n) is 7.28. The second-order valence-corrected chi connectivity index (χ2v) is 3.01. The number of aliphatic carboxylic acids is 1. The smallest absolute Gasteiger partial charge is 0.325 e. The van der Waals surface area contributed by atoms with Crippen molar-refractivity contribution in [2.24, 2.45) is 0 Å². The maximum Gasteiger partial charge on any atom is 0.325 e. The van der Waals surface area contributed by atoms with Gasteiger partial charge >= 0.3 is 5.97 Å². The van der Waals surface area contributed by atoms with Crippen molar-refractivity contribution >= 4 is 23.5 Å². The predicted molar refractivity (Wildman–Crippen MR) is 48.3 cm³/mol. The van der Waals surface area contributed by atoms with Gasteiger partial charge in [-0.05, 0) is 30.7 Å². The molecule has 1 rings (SSSR count). The van der Waals surface area contributed by atoms with Gasteiger partial charge in [0, 0.05) is 0 Å². The second-order valence-electron chi connectivity index (χ2n) is 2.64. The summed E-state index contributed by atoms with van der Waals surface area (Å²) in [6.45, 7) is 1.35. The molecule has 0 saturated heterocycles. The molecule has 1 amide bonds. The number of carbonyl (C=O) groups is 2. The Morgan fingerprint density at radius 3 is 2.64 bits per heavy atom. The summed E-state index contributed by atoms with van der Waals surface area (Å²) in [4.78, 5) is 21.6. The van der Waals surface area contributed by atoms with E-state index in [0.29, 0.717) is 0 Å². The molecule has 1 aromatic rings. The third-order valence-electron chi connectivity index (χ3n) is 1.52. The molecule has 0 aromatic carbocycles. The molecule has 6 heteroatoms. The Bertz CT molecular complexity index is 360. The summed E-state index contributed by atoms with van der Waals surface area (Å²) in [6, 6.07) is 1.81. The molecule has 1 aromatic heterocycles. The highest BCUT2D eigenvalue weighted by molar-refractivity contribution is 6.29. The Morgan fingerprint density at radius 2 is 2.21 bits per heavy atom. The van der Waals surface area contributed by atoms with Crippen LogP contribution in [0.2, 0.25) is 5.22 Å². The molecule has 2 N–H and O–H groups in total. The zero-order chi connectivity index (χ0) is 10.7. The lowest BCUT2D eigenvalue weighted by atomic mass is 10.3. The Kier molecular flexibility index (Phi) is 3.14. The molecule has 14 heavy (non-hydrogen) atoms. The first-order valence-corrected chi connectivity index (χ1v) is 4.17. The Balaban J connectivity index is 2.63. The minimum absolute atomic E-state index is 0.0110. The van der Waals surface area contributed by atoms with E-state index in [1.807, 2.05) is 0 Å². The minimum atomic E-state index is -1.11. The summed E-state index contributed by atoms with van der Waals surface area (Å²) < 4.78 is 4.79. The van der Waals surface area contributed by atoms with Gasteiger partial charge in [-0.25, -0.2) is 0 Å². The van der Waals surface area contributed by atoms with Crippen LogP contribution in [-0.4, -0.2) is 23.0 Å². The second kappa shape index (κ2) is 4.15. The standard InChI is InChI=1S/C8H8ClNO4/c1-4(8(12)13)10-7(11)5-2-3-6(9)14-5/h2-4H,1H3,(H,10,11)(H,12,13).